The number of amidine groups is 1. The zero-order valence-electron chi connectivity index (χ0n) is 13.1. The van der Waals surface area contributed by atoms with Crippen molar-refractivity contribution in [2.75, 3.05) is 7.11 Å². The second-order valence-corrected chi connectivity index (χ2v) is 5.93. The number of para-hydroxylation sites is 1. The van der Waals surface area contributed by atoms with E-state index in [0.717, 1.165) is 17.8 Å². The lowest BCUT2D eigenvalue weighted by molar-refractivity contribution is -0.135. The molecule has 1 aliphatic rings. The highest BCUT2D eigenvalue weighted by atomic mass is 32.2. The molecule has 23 heavy (non-hydrogen) atoms. The van der Waals surface area contributed by atoms with Crippen molar-refractivity contribution in [3.8, 4) is 0 Å². The molecule has 120 valence electrons. The van der Waals surface area contributed by atoms with Crippen molar-refractivity contribution in [3.05, 3.63) is 42.1 Å². The highest BCUT2D eigenvalue weighted by Gasteiger charge is 2.34. The van der Waals surface area contributed by atoms with E-state index < -0.39 is 5.97 Å². The highest BCUT2D eigenvalue weighted by Crippen LogP contribution is 2.31. The molecule has 0 spiro atoms. The van der Waals surface area contributed by atoms with Crippen LogP contribution in [0.2, 0.25) is 0 Å². The maximum Gasteiger partial charge on any atom is 0.332 e. The number of hydrogen-bond acceptors (Lipinski definition) is 6. The van der Waals surface area contributed by atoms with Crippen molar-refractivity contribution >= 4 is 39.9 Å². The minimum atomic E-state index is -0.611. The first-order valence-corrected chi connectivity index (χ1v) is 7.82. The van der Waals surface area contributed by atoms with Crippen LogP contribution in [-0.2, 0) is 14.3 Å². The number of carbonyl (C=O) groups is 2. The minimum absolute atomic E-state index is 0.133. The topological polar surface area (TPSA) is 71.3 Å². The van der Waals surface area contributed by atoms with E-state index in [0.29, 0.717) is 10.9 Å². The van der Waals surface area contributed by atoms with Crippen LogP contribution in [0.1, 0.15) is 13.8 Å². The van der Waals surface area contributed by atoms with Gasteiger partial charge in [-0.15, -0.1) is 0 Å². The Kier molecular flexibility index (Phi) is 5.70. The predicted octanol–water partition coefficient (Wildman–Crippen LogP) is 2.95. The SMILES string of the molecule is COC(=O)/C=C1\C(=O)SC(=Nc2ccccc2)N1/N=C/C(C)C. The first kappa shape index (κ1) is 17.0. The van der Waals surface area contributed by atoms with Crippen LogP contribution in [0.4, 0.5) is 5.69 Å². The lowest BCUT2D eigenvalue weighted by Crippen LogP contribution is -2.19. The third-order valence-electron chi connectivity index (χ3n) is 2.72. The Balaban J connectivity index is 2.42. The zero-order chi connectivity index (χ0) is 16.8. The van der Waals surface area contributed by atoms with Gasteiger partial charge in [-0.1, -0.05) is 32.0 Å². The quantitative estimate of drug-likeness (QED) is 0.482. The normalized spacial score (nSPS) is 18.6. The van der Waals surface area contributed by atoms with Crippen molar-refractivity contribution in [2.45, 2.75) is 13.8 Å². The number of hydrazone groups is 1. The molecule has 0 amide bonds. The molecule has 2 rings (SSSR count). The predicted molar refractivity (Wildman–Crippen MR) is 91.4 cm³/mol. The first-order chi connectivity index (χ1) is 11.0. The van der Waals surface area contributed by atoms with Gasteiger partial charge >= 0.3 is 5.97 Å². The molecule has 0 unspecified atom stereocenters. The van der Waals surface area contributed by atoms with Gasteiger partial charge in [-0.3, -0.25) is 4.79 Å². The van der Waals surface area contributed by atoms with Crippen LogP contribution in [0.15, 0.2) is 52.2 Å². The number of methoxy groups -OCH3 is 1. The third-order valence-corrected chi connectivity index (χ3v) is 3.56. The molecule has 1 aromatic rings. The molecule has 0 N–H and O–H groups in total. The molecule has 0 saturated carbocycles. The molecular weight excluding hydrogens is 314 g/mol. The van der Waals surface area contributed by atoms with Gasteiger partial charge in [0.15, 0.2) is 5.17 Å². The van der Waals surface area contributed by atoms with E-state index in [1.807, 2.05) is 44.2 Å². The number of hydrogen-bond donors (Lipinski definition) is 0. The molecule has 1 aromatic carbocycles. The molecule has 0 aliphatic carbocycles. The maximum absolute atomic E-state index is 12.2. The average molecular weight is 331 g/mol. The summed E-state index contributed by atoms with van der Waals surface area (Å²) in [6.45, 7) is 3.93. The summed E-state index contributed by atoms with van der Waals surface area (Å²) in [6.07, 6.45) is 2.81. The fourth-order valence-corrected chi connectivity index (χ4v) is 2.45. The summed E-state index contributed by atoms with van der Waals surface area (Å²) in [5, 5.41) is 5.75. The molecule has 1 aliphatic heterocycles. The van der Waals surface area contributed by atoms with Crippen LogP contribution >= 0.6 is 11.8 Å². The van der Waals surface area contributed by atoms with Crippen molar-refractivity contribution in [1.82, 2.24) is 5.01 Å². The van der Waals surface area contributed by atoms with Gasteiger partial charge in [0, 0.05) is 6.21 Å². The zero-order valence-corrected chi connectivity index (χ0v) is 13.9. The summed E-state index contributed by atoms with van der Waals surface area (Å²) >= 11 is 0.928. The number of esters is 1. The van der Waals surface area contributed by atoms with Gasteiger partial charge in [0.1, 0.15) is 5.70 Å². The van der Waals surface area contributed by atoms with Crippen LogP contribution < -0.4 is 0 Å². The van der Waals surface area contributed by atoms with E-state index >= 15 is 0 Å². The number of ether oxygens (including phenoxy) is 1. The smallest absolute Gasteiger partial charge is 0.332 e. The molecular formula is C16H17N3O3S. The number of aliphatic imine (C=N–C) groups is 1. The van der Waals surface area contributed by atoms with Crippen molar-refractivity contribution in [2.24, 2.45) is 16.0 Å². The maximum atomic E-state index is 12.2. The van der Waals surface area contributed by atoms with Crippen LogP contribution in [-0.4, -0.2) is 34.6 Å². The Morgan fingerprint density at radius 3 is 2.61 bits per heavy atom. The first-order valence-electron chi connectivity index (χ1n) is 7.01. The second-order valence-electron chi connectivity index (χ2n) is 4.99. The summed E-state index contributed by atoms with van der Waals surface area (Å²) in [5.74, 6) is -0.423. The van der Waals surface area contributed by atoms with Gasteiger partial charge in [0.25, 0.3) is 0 Å². The lowest BCUT2D eigenvalue weighted by Gasteiger charge is -2.12. The Morgan fingerprint density at radius 1 is 1.30 bits per heavy atom. The van der Waals surface area contributed by atoms with Gasteiger partial charge in [-0.2, -0.15) is 5.10 Å². The Morgan fingerprint density at radius 2 is 2.00 bits per heavy atom. The molecule has 1 saturated heterocycles. The Labute approximate surface area is 138 Å². The second kappa shape index (κ2) is 7.73. The molecule has 1 fully saturated rings. The van der Waals surface area contributed by atoms with Crippen LogP contribution in [0.5, 0.6) is 0 Å². The summed E-state index contributed by atoms with van der Waals surface area (Å²) in [6, 6.07) is 9.24. The van der Waals surface area contributed by atoms with Crippen molar-refractivity contribution < 1.29 is 14.3 Å². The average Bonchev–Trinajstić information content (AvgIpc) is 2.81. The van der Waals surface area contributed by atoms with E-state index in [1.165, 1.54) is 12.1 Å². The standard InChI is InChI=1S/C16H17N3O3S/c1-11(2)10-17-19-13(9-14(20)22-3)15(21)23-16(19)18-12-7-5-4-6-8-12/h4-11H,1-3H3/b13-9+,17-10+,18-16?. The van der Waals surface area contributed by atoms with Gasteiger partial charge in [0.05, 0.1) is 18.9 Å². The van der Waals surface area contributed by atoms with Gasteiger partial charge < -0.3 is 4.74 Å². The summed E-state index contributed by atoms with van der Waals surface area (Å²) in [7, 11) is 1.26. The summed E-state index contributed by atoms with van der Waals surface area (Å²) in [5.41, 5.74) is 0.834. The monoisotopic (exact) mass is 331 g/mol. The third kappa shape index (κ3) is 4.53. The number of thioether (sulfide) groups is 1. The van der Waals surface area contributed by atoms with E-state index in [1.54, 1.807) is 6.21 Å². The van der Waals surface area contributed by atoms with Crippen LogP contribution in [0.25, 0.3) is 0 Å². The number of nitrogens with zero attached hydrogens (tertiary/aromatic N) is 3. The fraction of sp³-hybridized carbons (Fsp3) is 0.250. The van der Waals surface area contributed by atoms with Gasteiger partial charge in [0.2, 0.25) is 5.12 Å². The van der Waals surface area contributed by atoms with E-state index in [-0.39, 0.29) is 16.7 Å². The molecule has 0 radical (unpaired) electrons. The molecule has 0 atom stereocenters. The summed E-state index contributed by atoms with van der Waals surface area (Å²) < 4.78 is 4.59. The van der Waals surface area contributed by atoms with Gasteiger partial charge in [-0.05, 0) is 29.8 Å². The number of rotatable bonds is 4. The largest absolute Gasteiger partial charge is 0.466 e. The van der Waals surface area contributed by atoms with Gasteiger partial charge in [-0.25, -0.2) is 14.8 Å². The minimum Gasteiger partial charge on any atom is -0.466 e. The fourth-order valence-electron chi connectivity index (χ4n) is 1.65. The number of benzene rings is 1. The van der Waals surface area contributed by atoms with E-state index in [2.05, 4.69) is 14.8 Å². The Hall–Kier alpha value is -2.41. The Bertz CT molecular complexity index is 681. The molecule has 1 heterocycles. The molecule has 6 nitrogen and oxygen atoms in total. The van der Waals surface area contributed by atoms with E-state index in [9.17, 15) is 9.59 Å². The summed E-state index contributed by atoms with van der Waals surface area (Å²) in [4.78, 5) is 28.1. The molecule has 0 aromatic heterocycles. The number of carbonyl (C=O) groups excluding carboxylic acids is 2. The lowest BCUT2D eigenvalue weighted by atomic mass is 10.3. The van der Waals surface area contributed by atoms with E-state index in [4.69, 9.17) is 0 Å². The van der Waals surface area contributed by atoms with Crippen LogP contribution in [0, 0.1) is 5.92 Å². The van der Waals surface area contributed by atoms with Crippen LogP contribution in [0.3, 0.4) is 0 Å². The van der Waals surface area contributed by atoms with Crippen molar-refractivity contribution in [3.63, 3.8) is 0 Å². The molecule has 7 heteroatoms. The highest BCUT2D eigenvalue weighted by molar-refractivity contribution is 8.27. The van der Waals surface area contributed by atoms with Crippen molar-refractivity contribution in [1.29, 1.82) is 0 Å². The molecule has 0 bridgehead atoms.